The Morgan fingerprint density at radius 2 is 2.06 bits per heavy atom. The largest absolute Gasteiger partial charge is 0.493 e. The molecule has 0 amide bonds. The Bertz CT molecular complexity index is 317. The smallest absolute Gasteiger partial charge is 0.120 e. The van der Waals surface area contributed by atoms with Crippen molar-refractivity contribution in [3.63, 3.8) is 0 Å². The monoisotopic (exact) mass is 238 g/mol. The van der Waals surface area contributed by atoms with E-state index in [0.717, 1.165) is 12.2 Å². The molecule has 1 atom stereocenters. The summed E-state index contributed by atoms with van der Waals surface area (Å²) in [5.41, 5.74) is 5.39. The quantitative estimate of drug-likeness (QED) is 0.398. The zero-order valence-corrected chi connectivity index (χ0v) is 9.66. The van der Waals surface area contributed by atoms with Crippen molar-refractivity contribution < 1.29 is 14.7 Å². The molecule has 0 aliphatic heterocycles. The molecule has 0 bridgehead atoms. The molecular formula is C12H18N2O3. The average Bonchev–Trinajstić information content (AvgIpc) is 2.38. The molecule has 0 fully saturated rings. The predicted molar refractivity (Wildman–Crippen MR) is 66.1 cm³/mol. The maximum atomic E-state index is 8.61. The Hall–Kier alpha value is -1.59. The van der Waals surface area contributed by atoms with Gasteiger partial charge in [0.25, 0.3) is 0 Å². The van der Waals surface area contributed by atoms with Gasteiger partial charge in [0.2, 0.25) is 0 Å². The number of hydrogen-bond donors (Lipinski definition) is 2. The fraction of sp³-hybridized carbons (Fsp3) is 0.417. The van der Waals surface area contributed by atoms with E-state index >= 15 is 0 Å². The van der Waals surface area contributed by atoms with Gasteiger partial charge in [0.05, 0.1) is 25.5 Å². The number of ether oxygens (including phenoxy) is 1. The number of benzene rings is 1. The lowest BCUT2D eigenvalue weighted by atomic mass is 10.3. The molecule has 0 aliphatic rings. The molecule has 5 heteroatoms. The van der Waals surface area contributed by atoms with Crippen LogP contribution in [0, 0.1) is 0 Å². The number of hydrogen-bond acceptors (Lipinski definition) is 5. The molecule has 1 rings (SSSR count). The van der Waals surface area contributed by atoms with Crippen molar-refractivity contribution in [1.82, 2.24) is 0 Å². The summed E-state index contributed by atoms with van der Waals surface area (Å²) >= 11 is 0. The van der Waals surface area contributed by atoms with Gasteiger partial charge in [-0.1, -0.05) is 23.4 Å². The summed E-state index contributed by atoms with van der Waals surface area (Å²) in [7, 11) is 0. The van der Waals surface area contributed by atoms with E-state index in [1.165, 1.54) is 6.21 Å². The number of rotatable bonds is 8. The molecule has 3 N–H and O–H groups in total. The van der Waals surface area contributed by atoms with Gasteiger partial charge in [0.1, 0.15) is 12.4 Å². The average molecular weight is 238 g/mol. The SMILES string of the molecule is NC(/C=N/OCCCOc1ccccc1)CO. The number of nitrogens with two attached hydrogens (primary N) is 1. The summed E-state index contributed by atoms with van der Waals surface area (Å²) in [4.78, 5) is 4.94. The number of para-hydroxylation sites is 1. The summed E-state index contributed by atoms with van der Waals surface area (Å²) in [5, 5.41) is 12.2. The maximum absolute atomic E-state index is 8.61. The van der Waals surface area contributed by atoms with Crippen LogP contribution in [-0.2, 0) is 4.84 Å². The summed E-state index contributed by atoms with van der Waals surface area (Å²) in [6.07, 6.45) is 2.11. The van der Waals surface area contributed by atoms with Gasteiger partial charge in [0.15, 0.2) is 0 Å². The normalized spacial score (nSPS) is 12.6. The molecular weight excluding hydrogens is 220 g/mol. The van der Waals surface area contributed by atoms with Crippen LogP contribution in [0.1, 0.15) is 6.42 Å². The van der Waals surface area contributed by atoms with Crippen LogP contribution in [0.3, 0.4) is 0 Å². The second kappa shape index (κ2) is 8.55. The highest BCUT2D eigenvalue weighted by Crippen LogP contribution is 2.08. The van der Waals surface area contributed by atoms with Gasteiger partial charge >= 0.3 is 0 Å². The Labute approximate surface area is 101 Å². The first-order chi connectivity index (χ1) is 8.33. The Morgan fingerprint density at radius 3 is 2.76 bits per heavy atom. The first-order valence-corrected chi connectivity index (χ1v) is 5.52. The predicted octanol–water partition coefficient (Wildman–Crippen LogP) is 0.777. The second-order valence-corrected chi connectivity index (χ2v) is 3.45. The van der Waals surface area contributed by atoms with Crippen molar-refractivity contribution in [3.8, 4) is 5.75 Å². The number of nitrogens with zero attached hydrogens (tertiary/aromatic N) is 1. The van der Waals surface area contributed by atoms with Crippen molar-refractivity contribution in [2.45, 2.75) is 12.5 Å². The summed E-state index contributed by atoms with van der Waals surface area (Å²) in [6.45, 7) is 0.900. The van der Waals surface area contributed by atoms with Crippen molar-refractivity contribution in [2.24, 2.45) is 10.9 Å². The van der Waals surface area contributed by atoms with Crippen molar-refractivity contribution in [1.29, 1.82) is 0 Å². The van der Waals surface area contributed by atoms with Crippen LogP contribution in [0.15, 0.2) is 35.5 Å². The van der Waals surface area contributed by atoms with E-state index in [0.29, 0.717) is 13.2 Å². The lowest BCUT2D eigenvalue weighted by Crippen LogP contribution is -2.25. The third-order valence-corrected chi connectivity index (χ3v) is 1.93. The van der Waals surface area contributed by atoms with Gasteiger partial charge in [-0.25, -0.2) is 0 Å². The summed E-state index contributed by atoms with van der Waals surface area (Å²) in [5.74, 6) is 0.846. The van der Waals surface area contributed by atoms with Gasteiger partial charge in [0, 0.05) is 6.42 Å². The van der Waals surface area contributed by atoms with Crippen LogP contribution >= 0.6 is 0 Å². The van der Waals surface area contributed by atoms with E-state index in [4.69, 9.17) is 20.4 Å². The molecule has 17 heavy (non-hydrogen) atoms. The summed E-state index contributed by atoms with van der Waals surface area (Å²) in [6, 6.07) is 9.13. The molecule has 94 valence electrons. The Balaban J connectivity index is 2.00. The third-order valence-electron chi connectivity index (χ3n) is 1.93. The molecule has 0 aliphatic carbocycles. The molecule has 0 aromatic heterocycles. The molecule has 0 saturated heterocycles. The van der Waals surface area contributed by atoms with Gasteiger partial charge in [-0.15, -0.1) is 0 Å². The van der Waals surface area contributed by atoms with E-state index < -0.39 is 6.04 Å². The lowest BCUT2D eigenvalue weighted by molar-refractivity contribution is 0.127. The topological polar surface area (TPSA) is 77.1 Å². The minimum Gasteiger partial charge on any atom is -0.493 e. The van der Waals surface area contributed by atoms with E-state index in [2.05, 4.69) is 5.16 Å². The first kappa shape index (κ1) is 13.5. The van der Waals surface area contributed by atoms with Crippen LogP contribution < -0.4 is 10.5 Å². The lowest BCUT2D eigenvalue weighted by Gasteiger charge is -2.05. The van der Waals surface area contributed by atoms with Crippen LogP contribution in [0.2, 0.25) is 0 Å². The molecule has 5 nitrogen and oxygen atoms in total. The Kier molecular flexibility index (Phi) is 6.78. The molecule has 1 aromatic carbocycles. The van der Waals surface area contributed by atoms with E-state index in [1.807, 2.05) is 30.3 Å². The van der Waals surface area contributed by atoms with Crippen LogP contribution in [0.4, 0.5) is 0 Å². The highest BCUT2D eigenvalue weighted by molar-refractivity contribution is 5.63. The standard InChI is InChI=1S/C12H18N2O3/c13-11(10-15)9-14-17-8-4-7-16-12-5-2-1-3-6-12/h1-3,5-6,9,11,15H,4,7-8,10,13H2/b14-9+. The zero-order valence-electron chi connectivity index (χ0n) is 9.66. The van der Waals surface area contributed by atoms with Crippen LogP contribution in [0.5, 0.6) is 5.75 Å². The van der Waals surface area contributed by atoms with Gasteiger partial charge in [-0.05, 0) is 12.1 Å². The minimum atomic E-state index is -0.462. The highest BCUT2D eigenvalue weighted by atomic mass is 16.6. The van der Waals surface area contributed by atoms with Crippen molar-refractivity contribution in [3.05, 3.63) is 30.3 Å². The van der Waals surface area contributed by atoms with Gasteiger partial charge < -0.3 is 20.4 Å². The summed E-state index contributed by atoms with van der Waals surface area (Å²) < 4.78 is 5.46. The van der Waals surface area contributed by atoms with Crippen LogP contribution in [-0.4, -0.2) is 37.2 Å². The van der Waals surface area contributed by atoms with Crippen LogP contribution in [0.25, 0.3) is 0 Å². The van der Waals surface area contributed by atoms with E-state index in [1.54, 1.807) is 0 Å². The van der Waals surface area contributed by atoms with Crippen molar-refractivity contribution >= 4 is 6.21 Å². The fourth-order valence-corrected chi connectivity index (χ4v) is 1.05. The van der Waals surface area contributed by atoms with Gasteiger partial charge in [-0.2, -0.15) is 0 Å². The first-order valence-electron chi connectivity index (χ1n) is 5.52. The fourth-order valence-electron chi connectivity index (χ4n) is 1.05. The molecule has 0 saturated carbocycles. The Morgan fingerprint density at radius 1 is 1.29 bits per heavy atom. The molecule has 0 heterocycles. The van der Waals surface area contributed by atoms with E-state index in [9.17, 15) is 0 Å². The molecule has 1 unspecified atom stereocenters. The number of aliphatic hydroxyl groups excluding tert-OH is 1. The maximum Gasteiger partial charge on any atom is 0.120 e. The van der Waals surface area contributed by atoms with Crippen molar-refractivity contribution in [2.75, 3.05) is 19.8 Å². The second-order valence-electron chi connectivity index (χ2n) is 3.45. The minimum absolute atomic E-state index is 0.135. The molecule has 1 aromatic rings. The molecule has 0 radical (unpaired) electrons. The zero-order chi connectivity index (χ0) is 12.3. The molecule has 0 spiro atoms. The van der Waals surface area contributed by atoms with Gasteiger partial charge in [-0.3, -0.25) is 0 Å². The third kappa shape index (κ3) is 6.55. The van der Waals surface area contributed by atoms with E-state index in [-0.39, 0.29) is 6.61 Å². The highest BCUT2D eigenvalue weighted by Gasteiger charge is 1.94. The number of aliphatic hydroxyl groups is 1. The number of oxime groups is 1.